The molecule has 1 amide bonds. The number of hydrogen-bond acceptors (Lipinski definition) is 4. The van der Waals surface area contributed by atoms with E-state index < -0.39 is 5.56 Å². The Labute approximate surface area is 159 Å². The number of thiazole rings is 1. The van der Waals surface area contributed by atoms with Gasteiger partial charge in [-0.3, -0.25) is 14.0 Å². The van der Waals surface area contributed by atoms with Crippen LogP contribution in [0.25, 0.3) is 16.2 Å². The largest absolute Gasteiger partial charge is 0.349 e. The standard InChI is InChI=1S/C20H20FN3O2S/c21-14-9-7-13(8-10-14)17-12-27-20-22-11-16(19(26)24(17)20)18(25)23-15-5-3-1-2-4-6-15/h7-12,15H,1-6H2,(H,23,25). The van der Waals surface area contributed by atoms with Crippen LogP contribution in [0.2, 0.25) is 0 Å². The van der Waals surface area contributed by atoms with Crippen LogP contribution in [0.3, 0.4) is 0 Å². The SMILES string of the molecule is O=C(NC1CCCCCC1)c1cnc2scc(-c3ccc(F)cc3)n2c1=O. The predicted molar refractivity (Wildman–Crippen MR) is 104 cm³/mol. The maximum Gasteiger partial charge on any atom is 0.271 e. The van der Waals surface area contributed by atoms with Crippen molar-refractivity contribution in [3.63, 3.8) is 0 Å². The van der Waals surface area contributed by atoms with Gasteiger partial charge in [0.1, 0.15) is 11.4 Å². The summed E-state index contributed by atoms with van der Waals surface area (Å²) in [4.78, 5) is 30.5. The predicted octanol–water partition coefficient (Wildman–Crippen LogP) is 4.01. The fourth-order valence-corrected chi connectivity index (χ4v) is 4.42. The third-order valence-corrected chi connectivity index (χ3v) is 5.86. The van der Waals surface area contributed by atoms with Crippen molar-refractivity contribution in [1.82, 2.24) is 14.7 Å². The molecule has 0 saturated heterocycles. The Hall–Kier alpha value is -2.54. The Morgan fingerprint density at radius 1 is 1.15 bits per heavy atom. The molecular formula is C20H20FN3O2S. The van der Waals surface area contributed by atoms with E-state index in [2.05, 4.69) is 10.3 Å². The van der Waals surface area contributed by atoms with Gasteiger partial charge in [-0.05, 0) is 42.7 Å². The van der Waals surface area contributed by atoms with E-state index in [0.29, 0.717) is 16.2 Å². The summed E-state index contributed by atoms with van der Waals surface area (Å²) >= 11 is 1.31. The first-order valence-electron chi connectivity index (χ1n) is 9.19. The molecule has 3 aromatic rings. The Morgan fingerprint density at radius 2 is 1.85 bits per heavy atom. The van der Waals surface area contributed by atoms with Crippen LogP contribution in [-0.4, -0.2) is 21.3 Å². The van der Waals surface area contributed by atoms with Gasteiger partial charge in [-0.1, -0.05) is 25.7 Å². The van der Waals surface area contributed by atoms with Crippen molar-refractivity contribution >= 4 is 22.2 Å². The number of amides is 1. The van der Waals surface area contributed by atoms with Crippen LogP contribution < -0.4 is 10.9 Å². The second kappa shape index (κ2) is 7.60. The van der Waals surface area contributed by atoms with Gasteiger partial charge in [-0.15, -0.1) is 11.3 Å². The van der Waals surface area contributed by atoms with Gasteiger partial charge in [-0.25, -0.2) is 9.37 Å². The van der Waals surface area contributed by atoms with Crippen LogP contribution in [0.5, 0.6) is 0 Å². The molecule has 1 aliphatic rings. The Kier molecular flexibility index (Phi) is 5.03. The van der Waals surface area contributed by atoms with Crippen LogP contribution >= 0.6 is 11.3 Å². The third-order valence-electron chi connectivity index (χ3n) is 5.02. The van der Waals surface area contributed by atoms with E-state index in [4.69, 9.17) is 0 Å². The molecule has 0 unspecified atom stereocenters. The molecule has 0 radical (unpaired) electrons. The molecule has 2 heterocycles. The lowest BCUT2D eigenvalue weighted by molar-refractivity contribution is 0.0931. The molecule has 27 heavy (non-hydrogen) atoms. The zero-order chi connectivity index (χ0) is 18.8. The zero-order valence-electron chi connectivity index (χ0n) is 14.8. The molecule has 1 saturated carbocycles. The first kappa shape index (κ1) is 17.9. The summed E-state index contributed by atoms with van der Waals surface area (Å²) in [5, 5.41) is 4.80. The number of rotatable bonds is 3. The fraction of sp³-hybridized carbons (Fsp3) is 0.350. The van der Waals surface area contributed by atoms with Gasteiger partial charge >= 0.3 is 0 Å². The molecule has 1 fully saturated rings. The summed E-state index contributed by atoms with van der Waals surface area (Å²) in [5.41, 5.74) is 0.953. The van der Waals surface area contributed by atoms with Crippen LogP contribution in [0, 0.1) is 5.82 Å². The number of hydrogen-bond donors (Lipinski definition) is 1. The van der Waals surface area contributed by atoms with Crippen molar-refractivity contribution in [3.05, 3.63) is 57.6 Å². The Balaban J connectivity index is 1.69. The Bertz CT molecular complexity index is 1020. The lowest BCUT2D eigenvalue weighted by Gasteiger charge is -2.15. The van der Waals surface area contributed by atoms with E-state index in [9.17, 15) is 14.0 Å². The highest BCUT2D eigenvalue weighted by Gasteiger charge is 2.20. The van der Waals surface area contributed by atoms with Gasteiger partial charge in [0.05, 0.1) is 5.69 Å². The van der Waals surface area contributed by atoms with Crippen molar-refractivity contribution in [2.45, 2.75) is 44.6 Å². The van der Waals surface area contributed by atoms with Crippen molar-refractivity contribution in [2.75, 3.05) is 0 Å². The molecule has 0 bridgehead atoms. The molecule has 0 atom stereocenters. The maximum absolute atomic E-state index is 13.2. The summed E-state index contributed by atoms with van der Waals surface area (Å²) in [6.45, 7) is 0. The number of benzene rings is 1. The molecule has 7 heteroatoms. The van der Waals surface area contributed by atoms with E-state index in [1.54, 1.807) is 17.5 Å². The van der Waals surface area contributed by atoms with E-state index in [1.807, 2.05) is 0 Å². The lowest BCUT2D eigenvalue weighted by Crippen LogP contribution is -2.38. The summed E-state index contributed by atoms with van der Waals surface area (Å²) in [7, 11) is 0. The number of carbonyl (C=O) groups excluding carboxylic acids is 1. The van der Waals surface area contributed by atoms with Crippen LogP contribution in [0.15, 0.2) is 40.6 Å². The van der Waals surface area contributed by atoms with Gasteiger partial charge < -0.3 is 5.32 Å². The highest BCUT2D eigenvalue weighted by Crippen LogP contribution is 2.24. The molecular weight excluding hydrogens is 365 g/mol. The maximum atomic E-state index is 13.2. The van der Waals surface area contributed by atoms with E-state index >= 15 is 0 Å². The quantitative estimate of drug-likeness (QED) is 0.693. The summed E-state index contributed by atoms with van der Waals surface area (Å²) in [5.74, 6) is -0.711. The number of nitrogens with zero attached hydrogens (tertiary/aromatic N) is 2. The normalized spacial score (nSPS) is 15.6. The number of fused-ring (bicyclic) bond motifs is 1. The summed E-state index contributed by atoms with van der Waals surface area (Å²) < 4.78 is 14.6. The van der Waals surface area contributed by atoms with E-state index in [1.165, 1.54) is 46.9 Å². The van der Waals surface area contributed by atoms with Crippen molar-refractivity contribution < 1.29 is 9.18 Å². The minimum atomic E-state index is -0.397. The molecule has 0 spiro atoms. The molecule has 0 aliphatic heterocycles. The van der Waals surface area contributed by atoms with Crippen molar-refractivity contribution in [2.24, 2.45) is 0 Å². The Morgan fingerprint density at radius 3 is 2.56 bits per heavy atom. The van der Waals surface area contributed by atoms with Crippen molar-refractivity contribution in [1.29, 1.82) is 0 Å². The fourth-order valence-electron chi connectivity index (χ4n) is 3.56. The van der Waals surface area contributed by atoms with Gasteiger partial charge in [0.15, 0.2) is 4.96 Å². The highest BCUT2D eigenvalue weighted by atomic mass is 32.1. The average molecular weight is 385 g/mol. The van der Waals surface area contributed by atoms with E-state index in [-0.39, 0.29) is 23.3 Å². The van der Waals surface area contributed by atoms with Gasteiger partial charge in [-0.2, -0.15) is 0 Å². The molecule has 5 nitrogen and oxygen atoms in total. The second-order valence-electron chi connectivity index (χ2n) is 6.88. The summed E-state index contributed by atoms with van der Waals surface area (Å²) in [6, 6.07) is 6.03. The molecule has 1 N–H and O–H groups in total. The van der Waals surface area contributed by atoms with Crippen LogP contribution in [0.4, 0.5) is 4.39 Å². The minimum Gasteiger partial charge on any atom is -0.349 e. The molecule has 1 aromatic carbocycles. The molecule has 4 rings (SSSR count). The first-order valence-corrected chi connectivity index (χ1v) is 10.1. The number of carbonyl (C=O) groups is 1. The second-order valence-corrected chi connectivity index (χ2v) is 7.72. The van der Waals surface area contributed by atoms with Crippen LogP contribution in [0.1, 0.15) is 48.9 Å². The van der Waals surface area contributed by atoms with Gasteiger partial charge in [0, 0.05) is 17.6 Å². The lowest BCUT2D eigenvalue weighted by atomic mass is 10.1. The average Bonchev–Trinajstić information content (AvgIpc) is 2.93. The highest BCUT2D eigenvalue weighted by molar-refractivity contribution is 7.15. The third kappa shape index (κ3) is 3.64. The van der Waals surface area contributed by atoms with E-state index in [0.717, 1.165) is 25.7 Å². The summed E-state index contributed by atoms with van der Waals surface area (Å²) in [6.07, 6.45) is 7.83. The molecule has 1 aliphatic carbocycles. The molecule has 2 aromatic heterocycles. The van der Waals surface area contributed by atoms with Gasteiger partial charge in [0.2, 0.25) is 0 Å². The number of aromatic nitrogens is 2. The smallest absolute Gasteiger partial charge is 0.271 e. The first-order chi connectivity index (χ1) is 13.1. The zero-order valence-corrected chi connectivity index (χ0v) is 15.6. The monoisotopic (exact) mass is 385 g/mol. The van der Waals surface area contributed by atoms with Crippen molar-refractivity contribution in [3.8, 4) is 11.3 Å². The number of halogens is 1. The minimum absolute atomic E-state index is 0.0403. The molecule has 140 valence electrons. The number of nitrogens with one attached hydrogen (secondary N) is 1. The van der Waals surface area contributed by atoms with Crippen LogP contribution in [-0.2, 0) is 0 Å². The van der Waals surface area contributed by atoms with Gasteiger partial charge in [0.25, 0.3) is 11.5 Å². The topological polar surface area (TPSA) is 63.5 Å².